The van der Waals surface area contributed by atoms with E-state index in [1.165, 1.54) is 0 Å². The molecule has 0 saturated heterocycles. The maximum absolute atomic E-state index is 12.9. The SMILES string of the molecule is CSC1(CNc2ccc([N+](=O)[O-])cc2C(F)(F)F)CC1. The van der Waals surface area contributed by atoms with Crippen LogP contribution in [0.15, 0.2) is 18.2 Å². The number of alkyl halides is 3. The quantitative estimate of drug-likeness (QED) is 0.661. The van der Waals surface area contributed by atoms with Gasteiger partial charge < -0.3 is 5.32 Å². The first-order valence-electron chi connectivity index (χ1n) is 5.92. The average molecular weight is 306 g/mol. The highest BCUT2D eigenvalue weighted by Crippen LogP contribution is 2.47. The average Bonchev–Trinajstić information content (AvgIpc) is 3.15. The summed E-state index contributed by atoms with van der Waals surface area (Å²) >= 11 is 1.63. The van der Waals surface area contributed by atoms with Gasteiger partial charge in [0, 0.05) is 29.1 Å². The number of anilines is 1. The standard InChI is InChI=1S/C12H13F3N2O2S/c1-20-11(4-5-11)7-16-10-3-2-8(17(18)19)6-9(10)12(13,14)15/h2-3,6,16H,4-5,7H2,1H3. The Labute approximate surface area is 117 Å². The second-order valence-electron chi connectivity index (χ2n) is 4.73. The smallest absolute Gasteiger partial charge is 0.383 e. The minimum atomic E-state index is -4.62. The first kappa shape index (κ1) is 15.0. The van der Waals surface area contributed by atoms with Crippen molar-refractivity contribution in [2.24, 2.45) is 0 Å². The molecule has 0 aromatic heterocycles. The summed E-state index contributed by atoms with van der Waals surface area (Å²) in [5.74, 6) is 0. The van der Waals surface area contributed by atoms with E-state index in [2.05, 4.69) is 5.32 Å². The number of nitrogens with one attached hydrogen (secondary N) is 1. The first-order valence-corrected chi connectivity index (χ1v) is 7.15. The lowest BCUT2D eigenvalue weighted by Crippen LogP contribution is -2.20. The van der Waals surface area contributed by atoms with Crippen LogP contribution in [0.4, 0.5) is 24.5 Å². The summed E-state index contributed by atoms with van der Waals surface area (Å²) in [6.45, 7) is 0.426. The van der Waals surface area contributed by atoms with E-state index in [4.69, 9.17) is 0 Å². The lowest BCUT2D eigenvalue weighted by atomic mass is 10.1. The van der Waals surface area contributed by atoms with Gasteiger partial charge in [0.1, 0.15) is 0 Å². The van der Waals surface area contributed by atoms with Gasteiger partial charge in [-0.2, -0.15) is 24.9 Å². The van der Waals surface area contributed by atoms with E-state index in [-0.39, 0.29) is 10.4 Å². The number of hydrogen-bond acceptors (Lipinski definition) is 4. The topological polar surface area (TPSA) is 55.2 Å². The van der Waals surface area contributed by atoms with Gasteiger partial charge in [0.25, 0.3) is 5.69 Å². The molecule has 1 aromatic rings. The third-order valence-corrected chi connectivity index (χ3v) is 4.78. The van der Waals surface area contributed by atoms with Crippen LogP contribution in [0.5, 0.6) is 0 Å². The lowest BCUT2D eigenvalue weighted by molar-refractivity contribution is -0.385. The Hall–Kier alpha value is -1.44. The number of benzene rings is 1. The normalized spacial score (nSPS) is 16.8. The largest absolute Gasteiger partial charge is 0.418 e. The molecule has 0 radical (unpaired) electrons. The molecule has 1 aliphatic rings. The first-order chi connectivity index (χ1) is 9.27. The van der Waals surface area contributed by atoms with Crippen molar-refractivity contribution in [3.63, 3.8) is 0 Å². The summed E-state index contributed by atoms with van der Waals surface area (Å²) in [7, 11) is 0. The highest BCUT2D eigenvalue weighted by atomic mass is 32.2. The fraction of sp³-hybridized carbons (Fsp3) is 0.500. The Morgan fingerprint density at radius 2 is 2.10 bits per heavy atom. The number of nitro groups is 1. The van der Waals surface area contributed by atoms with Gasteiger partial charge in [0.05, 0.1) is 10.5 Å². The minimum absolute atomic E-state index is 0.00461. The summed E-state index contributed by atoms with van der Waals surface area (Å²) in [6.07, 6.45) is -0.759. The molecule has 0 spiro atoms. The van der Waals surface area contributed by atoms with Gasteiger partial charge >= 0.3 is 6.18 Å². The molecular formula is C12H13F3N2O2S. The van der Waals surface area contributed by atoms with Crippen LogP contribution in [0.2, 0.25) is 0 Å². The van der Waals surface area contributed by atoms with Crippen LogP contribution in [-0.2, 0) is 6.18 Å². The fourth-order valence-electron chi connectivity index (χ4n) is 1.88. The van der Waals surface area contributed by atoms with Gasteiger partial charge in [-0.25, -0.2) is 0 Å². The zero-order chi connectivity index (χ0) is 15.0. The number of nitrogens with zero attached hydrogens (tertiary/aromatic N) is 1. The maximum atomic E-state index is 12.9. The zero-order valence-electron chi connectivity index (χ0n) is 10.7. The van der Waals surface area contributed by atoms with Gasteiger partial charge in [0.15, 0.2) is 0 Å². The highest BCUT2D eigenvalue weighted by Gasteiger charge is 2.42. The molecule has 1 aliphatic carbocycles. The summed E-state index contributed by atoms with van der Waals surface area (Å²) in [4.78, 5) is 9.75. The van der Waals surface area contributed by atoms with Crippen LogP contribution in [0.1, 0.15) is 18.4 Å². The molecule has 110 valence electrons. The molecule has 0 amide bonds. The molecule has 0 unspecified atom stereocenters. The van der Waals surface area contributed by atoms with Crippen molar-refractivity contribution < 1.29 is 18.1 Å². The Morgan fingerprint density at radius 3 is 2.55 bits per heavy atom. The van der Waals surface area contributed by atoms with Crippen LogP contribution in [0.25, 0.3) is 0 Å². The molecule has 1 aromatic carbocycles. The summed E-state index contributed by atoms with van der Waals surface area (Å²) in [5.41, 5.74) is -1.67. The molecule has 2 rings (SSSR count). The van der Waals surface area contributed by atoms with Gasteiger partial charge in [-0.15, -0.1) is 0 Å². The van der Waals surface area contributed by atoms with Crippen molar-refractivity contribution in [3.8, 4) is 0 Å². The fourth-order valence-corrected chi connectivity index (χ4v) is 2.61. The zero-order valence-corrected chi connectivity index (χ0v) is 11.5. The number of thioether (sulfide) groups is 1. The second kappa shape index (κ2) is 5.16. The Balaban J connectivity index is 2.25. The van der Waals surface area contributed by atoms with Crippen LogP contribution >= 0.6 is 11.8 Å². The van der Waals surface area contributed by atoms with Crippen molar-refractivity contribution in [3.05, 3.63) is 33.9 Å². The Bertz CT molecular complexity index is 530. The van der Waals surface area contributed by atoms with Crippen LogP contribution < -0.4 is 5.32 Å². The Kier molecular flexibility index (Phi) is 3.86. The van der Waals surface area contributed by atoms with Gasteiger partial charge in [-0.05, 0) is 25.2 Å². The van der Waals surface area contributed by atoms with E-state index in [0.29, 0.717) is 12.6 Å². The molecule has 1 saturated carbocycles. The molecule has 1 N–H and O–H groups in total. The molecule has 8 heteroatoms. The maximum Gasteiger partial charge on any atom is 0.418 e. The summed E-state index contributed by atoms with van der Waals surface area (Å²) in [5, 5.41) is 13.4. The minimum Gasteiger partial charge on any atom is -0.383 e. The molecular weight excluding hydrogens is 293 g/mol. The number of nitro benzene ring substituents is 1. The van der Waals surface area contributed by atoms with E-state index in [9.17, 15) is 23.3 Å². The molecule has 0 bridgehead atoms. The van der Waals surface area contributed by atoms with Gasteiger partial charge in [-0.3, -0.25) is 10.1 Å². The predicted molar refractivity (Wildman–Crippen MR) is 72.1 cm³/mol. The molecule has 1 fully saturated rings. The van der Waals surface area contributed by atoms with Crippen LogP contribution in [0.3, 0.4) is 0 Å². The summed E-state index contributed by atoms with van der Waals surface area (Å²) < 4.78 is 38.8. The van der Waals surface area contributed by atoms with E-state index in [1.54, 1.807) is 11.8 Å². The highest BCUT2D eigenvalue weighted by molar-refractivity contribution is 8.00. The molecule has 0 atom stereocenters. The van der Waals surface area contributed by atoms with Crippen LogP contribution in [0, 0.1) is 10.1 Å². The molecule has 0 heterocycles. The lowest BCUT2D eigenvalue weighted by Gasteiger charge is -2.18. The second-order valence-corrected chi connectivity index (χ2v) is 6.00. The van der Waals surface area contributed by atoms with Crippen molar-refractivity contribution >= 4 is 23.1 Å². The van der Waals surface area contributed by atoms with Crippen molar-refractivity contribution in [1.29, 1.82) is 0 Å². The molecule has 20 heavy (non-hydrogen) atoms. The third-order valence-electron chi connectivity index (χ3n) is 3.36. The number of halogens is 3. The molecule has 0 aliphatic heterocycles. The van der Waals surface area contributed by atoms with Gasteiger partial charge in [-0.1, -0.05) is 0 Å². The van der Waals surface area contributed by atoms with Gasteiger partial charge in [0.2, 0.25) is 0 Å². The van der Waals surface area contributed by atoms with E-state index in [0.717, 1.165) is 25.0 Å². The third kappa shape index (κ3) is 3.17. The van der Waals surface area contributed by atoms with E-state index in [1.807, 2.05) is 6.26 Å². The summed E-state index contributed by atoms with van der Waals surface area (Å²) in [6, 6.07) is 2.77. The molecule has 4 nitrogen and oxygen atoms in total. The monoisotopic (exact) mass is 306 g/mol. The number of non-ortho nitro benzene ring substituents is 1. The van der Waals surface area contributed by atoms with Crippen molar-refractivity contribution in [2.75, 3.05) is 18.1 Å². The number of hydrogen-bond donors (Lipinski definition) is 1. The van der Waals surface area contributed by atoms with Crippen molar-refractivity contribution in [1.82, 2.24) is 0 Å². The van der Waals surface area contributed by atoms with E-state index >= 15 is 0 Å². The van der Waals surface area contributed by atoms with E-state index < -0.39 is 22.4 Å². The predicted octanol–water partition coefficient (Wildman–Crippen LogP) is 3.92. The Morgan fingerprint density at radius 1 is 1.45 bits per heavy atom. The number of rotatable bonds is 5. The van der Waals surface area contributed by atoms with Crippen LogP contribution in [-0.4, -0.2) is 22.5 Å². The van der Waals surface area contributed by atoms with Crippen molar-refractivity contribution in [2.45, 2.75) is 23.8 Å².